The number of aliphatic carboxylic acids is 1. The quantitative estimate of drug-likeness (QED) is 0.506. The molecule has 1 saturated heterocycles. The lowest BCUT2D eigenvalue weighted by Gasteiger charge is -2.24. The summed E-state index contributed by atoms with van der Waals surface area (Å²) in [6.45, 7) is 3.13. The minimum absolute atomic E-state index is 0.0321. The summed E-state index contributed by atoms with van der Waals surface area (Å²) in [6.07, 6.45) is 0.252. The van der Waals surface area contributed by atoms with Crippen molar-refractivity contribution < 1.29 is 27.9 Å². The summed E-state index contributed by atoms with van der Waals surface area (Å²) >= 11 is 1.44. The maximum absolute atomic E-state index is 11.8. The Balaban J connectivity index is 2.43. The van der Waals surface area contributed by atoms with E-state index < -0.39 is 34.0 Å². The molecule has 0 aliphatic carbocycles. The highest BCUT2D eigenvalue weighted by Gasteiger charge is 2.43. The van der Waals surface area contributed by atoms with Crippen molar-refractivity contribution in [2.75, 3.05) is 30.4 Å². The van der Waals surface area contributed by atoms with E-state index in [9.17, 15) is 23.1 Å². The average Bonchev–Trinajstić information content (AvgIpc) is 2.86. The summed E-state index contributed by atoms with van der Waals surface area (Å²) in [5.74, 6) is -1.08. The Morgan fingerprint density at radius 1 is 1.41 bits per heavy atom. The van der Waals surface area contributed by atoms with E-state index in [1.807, 2.05) is 0 Å². The van der Waals surface area contributed by atoms with E-state index in [1.54, 1.807) is 13.8 Å². The van der Waals surface area contributed by atoms with E-state index in [2.05, 4.69) is 10.0 Å². The second-order valence-corrected chi connectivity index (χ2v) is 8.33. The Kier molecular flexibility index (Phi) is 7.10. The molecule has 3 N–H and O–H groups in total. The van der Waals surface area contributed by atoms with Gasteiger partial charge in [0, 0.05) is 5.75 Å². The maximum Gasteiger partial charge on any atom is 0.330 e. The number of carboxylic acid groups (broad SMARTS) is 1. The summed E-state index contributed by atoms with van der Waals surface area (Å²) in [6, 6.07) is 0. The molecular weight excluding hydrogens is 332 g/mol. The minimum Gasteiger partial charge on any atom is -0.479 e. The van der Waals surface area contributed by atoms with Crippen LogP contribution in [-0.2, 0) is 24.3 Å². The van der Waals surface area contributed by atoms with Gasteiger partial charge in [0.1, 0.15) is 5.54 Å². The van der Waals surface area contributed by atoms with Gasteiger partial charge in [-0.25, -0.2) is 17.9 Å². The largest absolute Gasteiger partial charge is 0.479 e. The molecular formula is C12H22N2O6S2. The highest BCUT2D eigenvalue weighted by molar-refractivity contribution is 7.99. The van der Waals surface area contributed by atoms with Gasteiger partial charge < -0.3 is 15.2 Å². The van der Waals surface area contributed by atoms with Gasteiger partial charge in [0.05, 0.1) is 25.0 Å². The zero-order valence-corrected chi connectivity index (χ0v) is 14.3. The fraction of sp³-hybridized carbons (Fsp3) is 0.833. The molecule has 0 bridgehead atoms. The Labute approximate surface area is 134 Å². The zero-order valence-electron chi connectivity index (χ0n) is 12.6. The van der Waals surface area contributed by atoms with Crippen LogP contribution in [0.2, 0.25) is 0 Å². The van der Waals surface area contributed by atoms with E-state index in [0.29, 0.717) is 12.2 Å². The maximum atomic E-state index is 11.8. The van der Waals surface area contributed by atoms with Gasteiger partial charge in [0.15, 0.2) is 0 Å². The van der Waals surface area contributed by atoms with Crippen LogP contribution in [-0.4, -0.2) is 67.5 Å². The summed E-state index contributed by atoms with van der Waals surface area (Å²) in [7, 11) is -3.63. The second kappa shape index (κ2) is 8.14. The van der Waals surface area contributed by atoms with E-state index >= 15 is 0 Å². The molecule has 1 fully saturated rings. The Hall–Kier alpha value is -0.840. The monoisotopic (exact) mass is 354 g/mol. The molecule has 1 atom stereocenters. The van der Waals surface area contributed by atoms with E-state index in [0.717, 1.165) is 0 Å². The van der Waals surface area contributed by atoms with Gasteiger partial charge >= 0.3 is 5.97 Å². The second-order valence-electron chi connectivity index (χ2n) is 5.30. The third-order valence-corrected chi connectivity index (χ3v) is 5.54. The standard InChI is InChI=1S/C12H22N2O6S2/c1-9(2)20-4-6-22(18,19)13-7-10(15)14-12(11(16)17)3-5-21-8-12/h9,13H,3-8H2,1-2H3,(H,14,15)(H,16,17). The van der Waals surface area contributed by atoms with Crippen molar-refractivity contribution in [1.82, 2.24) is 10.0 Å². The highest BCUT2D eigenvalue weighted by Crippen LogP contribution is 2.28. The van der Waals surface area contributed by atoms with E-state index in [-0.39, 0.29) is 24.2 Å². The molecule has 1 aliphatic rings. The molecule has 8 nitrogen and oxygen atoms in total. The van der Waals surface area contributed by atoms with Crippen LogP contribution < -0.4 is 10.0 Å². The Morgan fingerprint density at radius 3 is 2.59 bits per heavy atom. The van der Waals surface area contributed by atoms with Crippen molar-refractivity contribution in [3.8, 4) is 0 Å². The molecule has 0 aromatic rings. The Morgan fingerprint density at radius 2 is 2.09 bits per heavy atom. The van der Waals surface area contributed by atoms with Crippen molar-refractivity contribution in [3.63, 3.8) is 0 Å². The minimum atomic E-state index is -3.63. The third kappa shape index (κ3) is 6.11. The van der Waals surface area contributed by atoms with Crippen LogP contribution in [0.5, 0.6) is 0 Å². The molecule has 1 unspecified atom stereocenters. The van der Waals surface area contributed by atoms with Crippen LogP contribution in [0.15, 0.2) is 0 Å². The lowest BCUT2D eigenvalue weighted by Crippen LogP contribution is -2.56. The zero-order chi connectivity index (χ0) is 16.8. The normalized spacial score (nSPS) is 22.0. The predicted molar refractivity (Wildman–Crippen MR) is 83.3 cm³/mol. The van der Waals surface area contributed by atoms with Crippen LogP contribution >= 0.6 is 11.8 Å². The number of rotatable bonds is 9. The van der Waals surface area contributed by atoms with Gasteiger partial charge in [-0.1, -0.05) is 0 Å². The molecule has 1 heterocycles. The number of thioether (sulfide) groups is 1. The number of ether oxygens (including phenoxy) is 1. The van der Waals surface area contributed by atoms with Crippen LogP contribution in [0.3, 0.4) is 0 Å². The fourth-order valence-electron chi connectivity index (χ4n) is 1.84. The van der Waals surface area contributed by atoms with Gasteiger partial charge in [0.25, 0.3) is 0 Å². The summed E-state index contributed by atoms with van der Waals surface area (Å²) in [5, 5.41) is 11.6. The number of sulfonamides is 1. The summed E-state index contributed by atoms with van der Waals surface area (Å²) in [5.41, 5.74) is -1.30. The number of hydrogen-bond acceptors (Lipinski definition) is 6. The van der Waals surface area contributed by atoms with Gasteiger partial charge in [0.2, 0.25) is 15.9 Å². The third-order valence-electron chi connectivity index (χ3n) is 3.07. The van der Waals surface area contributed by atoms with Crippen molar-refractivity contribution in [1.29, 1.82) is 0 Å². The number of carbonyl (C=O) groups excluding carboxylic acids is 1. The lowest BCUT2D eigenvalue weighted by molar-refractivity contribution is -0.146. The number of nitrogens with one attached hydrogen (secondary N) is 2. The van der Waals surface area contributed by atoms with Crippen LogP contribution in [0.4, 0.5) is 0 Å². The van der Waals surface area contributed by atoms with Crippen LogP contribution in [0, 0.1) is 0 Å². The molecule has 0 spiro atoms. The average molecular weight is 354 g/mol. The molecule has 22 heavy (non-hydrogen) atoms. The van der Waals surface area contributed by atoms with Gasteiger partial charge in [-0.05, 0) is 26.0 Å². The molecule has 0 aromatic carbocycles. The van der Waals surface area contributed by atoms with Crippen molar-refractivity contribution in [3.05, 3.63) is 0 Å². The molecule has 1 aliphatic heterocycles. The number of amides is 1. The van der Waals surface area contributed by atoms with Gasteiger partial charge in [-0.2, -0.15) is 11.8 Å². The molecule has 1 amide bonds. The Bertz CT molecular complexity index is 500. The first-order chi connectivity index (χ1) is 10.2. The van der Waals surface area contributed by atoms with Gasteiger partial charge in [-0.3, -0.25) is 4.79 Å². The summed E-state index contributed by atoms with van der Waals surface area (Å²) in [4.78, 5) is 23.1. The lowest BCUT2D eigenvalue weighted by atomic mass is 9.99. The fourth-order valence-corrected chi connectivity index (χ4v) is 3.97. The number of carboxylic acids is 1. The topological polar surface area (TPSA) is 122 Å². The molecule has 0 saturated carbocycles. The van der Waals surface area contributed by atoms with Crippen LogP contribution in [0.1, 0.15) is 20.3 Å². The van der Waals surface area contributed by atoms with Crippen molar-refractivity contribution in [2.24, 2.45) is 0 Å². The van der Waals surface area contributed by atoms with Crippen molar-refractivity contribution >= 4 is 33.7 Å². The van der Waals surface area contributed by atoms with Crippen molar-refractivity contribution in [2.45, 2.75) is 31.9 Å². The first-order valence-electron chi connectivity index (χ1n) is 6.88. The van der Waals surface area contributed by atoms with E-state index in [1.165, 1.54) is 11.8 Å². The number of carbonyl (C=O) groups is 2. The SMILES string of the molecule is CC(C)OCCS(=O)(=O)NCC(=O)NC1(C(=O)O)CCSC1. The predicted octanol–water partition coefficient (Wildman–Crippen LogP) is -0.593. The first kappa shape index (κ1) is 19.2. The molecule has 0 aromatic heterocycles. The molecule has 0 radical (unpaired) electrons. The number of hydrogen-bond donors (Lipinski definition) is 3. The van der Waals surface area contributed by atoms with Crippen LogP contribution in [0.25, 0.3) is 0 Å². The molecule has 128 valence electrons. The first-order valence-corrected chi connectivity index (χ1v) is 9.69. The molecule has 10 heteroatoms. The summed E-state index contributed by atoms with van der Waals surface area (Å²) < 4.78 is 30.6. The molecule has 1 rings (SSSR count). The van der Waals surface area contributed by atoms with Gasteiger partial charge in [-0.15, -0.1) is 0 Å². The van der Waals surface area contributed by atoms with E-state index in [4.69, 9.17) is 4.74 Å². The highest BCUT2D eigenvalue weighted by atomic mass is 32.2. The smallest absolute Gasteiger partial charge is 0.330 e.